The number of hydrogen-bond acceptors (Lipinski definition) is 3. The van der Waals surface area contributed by atoms with Crippen LogP contribution in [0, 0.1) is 5.92 Å². The quantitative estimate of drug-likeness (QED) is 0.670. The molecule has 0 aliphatic heterocycles. The maximum Gasteiger partial charge on any atom is 0.255 e. The van der Waals surface area contributed by atoms with Crippen molar-refractivity contribution >= 4 is 5.91 Å². The minimum absolute atomic E-state index is 0.108. The summed E-state index contributed by atoms with van der Waals surface area (Å²) in [6.07, 6.45) is -2.61. The van der Waals surface area contributed by atoms with E-state index in [2.05, 4.69) is 0 Å². The van der Waals surface area contributed by atoms with Gasteiger partial charge >= 0.3 is 0 Å². The molecule has 90 valence electrons. The van der Waals surface area contributed by atoms with Crippen molar-refractivity contribution in [2.24, 2.45) is 11.7 Å². The molecular formula is C9H18F2N2O2. The predicted octanol–water partition coefficient (Wildman–Crippen LogP) is 0.0557. The summed E-state index contributed by atoms with van der Waals surface area (Å²) in [5.41, 5.74) is 5.55. The molecule has 0 aliphatic rings. The number of rotatable bonds is 6. The van der Waals surface area contributed by atoms with Crippen LogP contribution in [0.25, 0.3) is 0 Å². The molecule has 3 N–H and O–H groups in total. The molecule has 0 aromatic carbocycles. The number of alkyl halides is 2. The maximum absolute atomic E-state index is 12.1. The molecule has 0 aromatic rings. The Hall–Kier alpha value is -0.750. The van der Waals surface area contributed by atoms with Gasteiger partial charge < -0.3 is 15.7 Å². The number of hydrogen-bond donors (Lipinski definition) is 2. The van der Waals surface area contributed by atoms with Gasteiger partial charge in [0.15, 0.2) is 0 Å². The number of halogens is 2. The molecule has 0 radical (unpaired) electrons. The minimum Gasteiger partial charge on any atom is -0.395 e. The Kier molecular flexibility index (Phi) is 6.35. The van der Waals surface area contributed by atoms with Gasteiger partial charge in [-0.05, 0) is 5.92 Å². The molecule has 0 unspecified atom stereocenters. The summed E-state index contributed by atoms with van der Waals surface area (Å²) in [6, 6.07) is -0.796. The van der Waals surface area contributed by atoms with Gasteiger partial charge in [-0.25, -0.2) is 8.78 Å². The van der Waals surface area contributed by atoms with Crippen molar-refractivity contribution in [2.75, 3.05) is 19.7 Å². The third kappa shape index (κ3) is 5.03. The smallest absolute Gasteiger partial charge is 0.255 e. The first-order chi connectivity index (χ1) is 6.90. The molecule has 6 heteroatoms. The SMILES string of the molecule is CC(C)[C@@H](N)C(=O)N(CCO)CC(F)F. The highest BCUT2D eigenvalue weighted by Gasteiger charge is 2.25. The van der Waals surface area contributed by atoms with E-state index in [9.17, 15) is 13.6 Å². The fraction of sp³-hybridized carbons (Fsp3) is 0.889. The maximum atomic E-state index is 12.1. The second kappa shape index (κ2) is 6.68. The lowest BCUT2D eigenvalue weighted by atomic mass is 10.0. The zero-order chi connectivity index (χ0) is 12.0. The van der Waals surface area contributed by atoms with Gasteiger partial charge in [-0.15, -0.1) is 0 Å². The Balaban J connectivity index is 4.40. The van der Waals surface area contributed by atoms with Crippen LogP contribution < -0.4 is 5.73 Å². The standard InChI is InChI=1S/C9H18F2N2O2/c1-6(2)8(12)9(15)13(3-4-14)5-7(10)11/h6-8,14H,3-5,12H2,1-2H3/t8-/m1/s1. The molecule has 0 aromatic heterocycles. The van der Waals surface area contributed by atoms with Crippen molar-refractivity contribution in [1.82, 2.24) is 4.90 Å². The van der Waals surface area contributed by atoms with Gasteiger partial charge in [0.05, 0.1) is 19.2 Å². The van der Waals surface area contributed by atoms with Gasteiger partial charge in [0.1, 0.15) is 0 Å². The van der Waals surface area contributed by atoms with Crippen molar-refractivity contribution in [3.63, 3.8) is 0 Å². The second-order valence-corrected chi connectivity index (χ2v) is 3.67. The number of carbonyl (C=O) groups excluding carboxylic acids is 1. The Morgan fingerprint density at radius 1 is 1.47 bits per heavy atom. The molecule has 1 amide bonds. The topological polar surface area (TPSA) is 66.6 Å². The highest BCUT2D eigenvalue weighted by molar-refractivity contribution is 5.81. The third-order valence-electron chi connectivity index (χ3n) is 2.04. The fourth-order valence-corrected chi connectivity index (χ4v) is 1.07. The highest BCUT2D eigenvalue weighted by Crippen LogP contribution is 2.06. The van der Waals surface area contributed by atoms with Crippen molar-refractivity contribution in [3.05, 3.63) is 0 Å². The summed E-state index contributed by atoms with van der Waals surface area (Å²) in [7, 11) is 0. The first kappa shape index (κ1) is 14.2. The van der Waals surface area contributed by atoms with Crippen molar-refractivity contribution in [3.8, 4) is 0 Å². The van der Waals surface area contributed by atoms with Crippen LogP contribution in [0.15, 0.2) is 0 Å². The molecule has 0 bridgehead atoms. The average Bonchev–Trinajstić information content (AvgIpc) is 2.14. The van der Waals surface area contributed by atoms with E-state index in [1.54, 1.807) is 13.8 Å². The molecule has 15 heavy (non-hydrogen) atoms. The number of amides is 1. The Morgan fingerprint density at radius 2 is 2.00 bits per heavy atom. The average molecular weight is 224 g/mol. The first-order valence-corrected chi connectivity index (χ1v) is 4.83. The summed E-state index contributed by atoms with van der Waals surface area (Å²) in [6.45, 7) is 2.34. The van der Waals surface area contributed by atoms with Crippen LogP contribution in [-0.2, 0) is 4.79 Å². The number of aliphatic hydroxyl groups is 1. The lowest BCUT2D eigenvalue weighted by Crippen LogP contribution is -2.48. The molecule has 0 rings (SSSR count). The van der Waals surface area contributed by atoms with Crippen LogP contribution in [-0.4, -0.2) is 48.1 Å². The van der Waals surface area contributed by atoms with Gasteiger partial charge in [0.25, 0.3) is 6.43 Å². The van der Waals surface area contributed by atoms with Crippen LogP contribution in [0.5, 0.6) is 0 Å². The summed E-state index contributed by atoms with van der Waals surface area (Å²) in [5, 5.41) is 8.64. The minimum atomic E-state index is -2.61. The van der Waals surface area contributed by atoms with E-state index in [4.69, 9.17) is 10.8 Å². The van der Waals surface area contributed by atoms with E-state index >= 15 is 0 Å². The van der Waals surface area contributed by atoms with E-state index in [1.165, 1.54) is 0 Å². The summed E-state index contributed by atoms with van der Waals surface area (Å²) >= 11 is 0. The van der Waals surface area contributed by atoms with Crippen LogP contribution in [0.4, 0.5) is 8.78 Å². The van der Waals surface area contributed by atoms with Crippen LogP contribution in [0.3, 0.4) is 0 Å². The lowest BCUT2D eigenvalue weighted by Gasteiger charge is -2.26. The van der Waals surface area contributed by atoms with Gasteiger partial charge in [-0.3, -0.25) is 4.79 Å². The highest BCUT2D eigenvalue weighted by atomic mass is 19.3. The Labute approximate surface area is 88.0 Å². The van der Waals surface area contributed by atoms with E-state index in [1.807, 2.05) is 0 Å². The largest absolute Gasteiger partial charge is 0.395 e. The molecule has 4 nitrogen and oxygen atoms in total. The molecular weight excluding hydrogens is 206 g/mol. The zero-order valence-electron chi connectivity index (χ0n) is 8.99. The predicted molar refractivity (Wildman–Crippen MR) is 52.5 cm³/mol. The van der Waals surface area contributed by atoms with E-state index in [0.717, 1.165) is 4.90 Å². The summed E-state index contributed by atoms with van der Waals surface area (Å²) < 4.78 is 24.2. The third-order valence-corrected chi connectivity index (χ3v) is 2.04. The lowest BCUT2D eigenvalue weighted by molar-refractivity contribution is -0.136. The molecule has 0 saturated carbocycles. The van der Waals surface area contributed by atoms with Gasteiger partial charge in [0, 0.05) is 6.54 Å². The molecule has 0 fully saturated rings. The van der Waals surface area contributed by atoms with Crippen LogP contribution >= 0.6 is 0 Å². The summed E-state index contributed by atoms with van der Waals surface area (Å²) in [5.74, 6) is -0.657. The van der Waals surface area contributed by atoms with Crippen LogP contribution in [0.1, 0.15) is 13.8 Å². The van der Waals surface area contributed by atoms with Gasteiger partial charge in [-0.1, -0.05) is 13.8 Å². The zero-order valence-corrected chi connectivity index (χ0v) is 8.99. The monoisotopic (exact) mass is 224 g/mol. The Morgan fingerprint density at radius 3 is 2.33 bits per heavy atom. The number of nitrogens with zero attached hydrogens (tertiary/aromatic N) is 1. The van der Waals surface area contributed by atoms with Gasteiger partial charge in [-0.2, -0.15) is 0 Å². The molecule has 1 atom stereocenters. The second-order valence-electron chi connectivity index (χ2n) is 3.67. The fourth-order valence-electron chi connectivity index (χ4n) is 1.07. The molecule has 0 heterocycles. The van der Waals surface area contributed by atoms with Crippen molar-refractivity contribution in [2.45, 2.75) is 26.3 Å². The van der Waals surface area contributed by atoms with Gasteiger partial charge in [0.2, 0.25) is 5.91 Å². The Bertz CT molecular complexity index is 201. The van der Waals surface area contributed by atoms with Crippen molar-refractivity contribution in [1.29, 1.82) is 0 Å². The van der Waals surface area contributed by atoms with E-state index in [0.29, 0.717) is 0 Å². The normalized spacial score (nSPS) is 13.3. The van der Waals surface area contributed by atoms with E-state index < -0.39 is 24.9 Å². The number of carbonyl (C=O) groups is 1. The van der Waals surface area contributed by atoms with E-state index in [-0.39, 0.29) is 19.1 Å². The molecule has 0 aliphatic carbocycles. The first-order valence-electron chi connectivity index (χ1n) is 4.83. The van der Waals surface area contributed by atoms with Crippen molar-refractivity contribution < 1.29 is 18.7 Å². The molecule has 0 spiro atoms. The molecule has 0 saturated heterocycles. The number of nitrogens with two attached hydrogens (primary N) is 1. The summed E-state index contributed by atoms with van der Waals surface area (Å²) in [4.78, 5) is 12.5. The van der Waals surface area contributed by atoms with Crippen LogP contribution in [0.2, 0.25) is 0 Å². The number of aliphatic hydroxyl groups excluding tert-OH is 1.